The number of fused-ring (bicyclic) bond motifs is 1. The molecule has 0 aromatic heterocycles. The molecule has 0 amide bonds. The highest BCUT2D eigenvalue weighted by Gasteiger charge is 1.98. The van der Waals surface area contributed by atoms with Crippen LogP contribution < -0.4 is 5.32 Å². The smallest absolute Gasteiger partial charge is 0.0211 e. The third-order valence-corrected chi connectivity index (χ3v) is 3.45. The molecule has 0 aliphatic heterocycles. The van der Waals surface area contributed by atoms with E-state index < -0.39 is 0 Å². The molecule has 84 valence electrons. The van der Waals surface area contributed by atoms with Gasteiger partial charge in [0.2, 0.25) is 0 Å². The minimum atomic E-state index is 0.970. The zero-order chi connectivity index (χ0) is 11.2. The van der Waals surface area contributed by atoms with E-state index in [1.165, 1.54) is 27.2 Å². The average molecular weight is 325 g/mol. The molecule has 0 saturated heterocycles. The summed E-state index contributed by atoms with van der Waals surface area (Å²) in [5, 5.41) is 6.19. The van der Waals surface area contributed by atoms with Gasteiger partial charge in [0, 0.05) is 11.0 Å². The van der Waals surface area contributed by atoms with Crippen molar-refractivity contribution in [2.75, 3.05) is 11.0 Å². The van der Waals surface area contributed by atoms with Gasteiger partial charge in [0.1, 0.15) is 0 Å². The summed E-state index contributed by atoms with van der Waals surface area (Å²) in [7, 11) is 0. The van der Waals surface area contributed by atoms with Gasteiger partial charge in [-0.2, -0.15) is 0 Å². The topological polar surface area (TPSA) is 12.0 Å². The Balaban J connectivity index is 2.11. The first kappa shape index (κ1) is 11.9. The molecule has 2 aromatic carbocycles. The SMILES string of the molecule is ICCCNCc1cccc2ccccc12. The van der Waals surface area contributed by atoms with Crippen molar-refractivity contribution in [3.05, 3.63) is 48.0 Å². The average Bonchev–Trinajstić information content (AvgIpc) is 2.35. The minimum absolute atomic E-state index is 0.970. The number of nitrogens with one attached hydrogen (secondary N) is 1. The molecule has 16 heavy (non-hydrogen) atoms. The Morgan fingerprint density at radius 3 is 2.69 bits per heavy atom. The molecule has 0 atom stereocenters. The summed E-state index contributed by atoms with van der Waals surface area (Å²) in [5.74, 6) is 0. The summed E-state index contributed by atoms with van der Waals surface area (Å²) in [5.41, 5.74) is 1.39. The van der Waals surface area contributed by atoms with Crippen LogP contribution in [-0.2, 0) is 6.54 Å². The maximum atomic E-state index is 3.49. The van der Waals surface area contributed by atoms with E-state index in [0.717, 1.165) is 13.1 Å². The van der Waals surface area contributed by atoms with Gasteiger partial charge < -0.3 is 5.32 Å². The summed E-state index contributed by atoms with van der Waals surface area (Å²) in [6.45, 7) is 2.07. The molecule has 2 heteroatoms. The molecule has 0 bridgehead atoms. The van der Waals surface area contributed by atoms with Crippen LogP contribution in [-0.4, -0.2) is 11.0 Å². The fraction of sp³-hybridized carbons (Fsp3) is 0.286. The Morgan fingerprint density at radius 1 is 1.00 bits per heavy atom. The van der Waals surface area contributed by atoms with Gasteiger partial charge in [-0.1, -0.05) is 65.1 Å². The van der Waals surface area contributed by atoms with Gasteiger partial charge in [-0.3, -0.25) is 0 Å². The van der Waals surface area contributed by atoms with E-state index >= 15 is 0 Å². The maximum Gasteiger partial charge on any atom is 0.0211 e. The number of hydrogen-bond acceptors (Lipinski definition) is 1. The number of hydrogen-bond donors (Lipinski definition) is 1. The molecule has 1 nitrogen and oxygen atoms in total. The van der Waals surface area contributed by atoms with Gasteiger partial charge >= 0.3 is 0 Å². The number of halogens is 1. The zero-order valence-corrected chi connectivity index (χ0v) is 11.4. The lowest BCUT2D eigenvalue weighted by Gasteiger charge is -2.07. The third-order valence-electron chi connectivity index (χ3n) is 2.68. The van der Waals surface area contributed by atoms with Crippen LogP contribution in [0.3, 0.4) is 0 Å². The van der Waals surface area contributed by atoms with Crippen molar-refractivity contribution in [2.45, 2.75) is 13.0 Å². The predicted molar refractivity (Wildman–Crippen MR) is 79.2 cm³/mol. The molecular weight excluding hydrogens is 309 g/mol. The number of alkyl halides is 1. The van der Waals surface area contributed by atoms with Crippen LogP contribution in [0.25, 0.3) is 10.8 Å². The first-order chi connectivity index (χ1) is 7.92. The van der Waals surface area contributed by atoms with Gasteiger partial charge in [-0.15, -0.1) is 0 Å². The van der Waals surface area contributed by atoms with Crippen molar-refractivity contribution in [1.29, 1.82) is 0 Å². The largest absolute Gasteiger partial charge is 0.313 e. The Morgan fingerprint density at radius 2 is 1.81 bits per heavy atom. The number of rotatable bonds is 5. The monoisotopic (exact) mass is 325 g/mol. The van der Waals surface area contributed by atoms with Gasteiger partial charge in [0.05, 0.1) is 0 Å². The molecule has 0 heterocycles. The molecular formula is C14H16IN. The summed E-state index contributed by atoms with van der Waals surface area (Å²) >= 11 is 2.42. The van der Waals surface area contributed by atoms with Crippen LogP contribution in [0.4, 0.5) is 0 Å². The van der Waals surface area contributed by atoms with E-state index in [2.05, 4.69) is 70.4 Å². The highest BCUT2D eigenvalue weighted by Crippen LogP contribution is 2.18. The van der Waals surface area contributed by atoms with Crippen molar-refractivity contribution in [3.63, 3.8) is 0 Å². The number of benzene rings is 2. The van der Waals surface area contributed by atoms with Gasteiger partial charge in [-0.25, -0.2) is 0 Å². The second-order valence-corrected chi connectivity index (χ2v) is 4.94. The second-order valence-electron chi connectivity index (χ2n) is 3.86. The van der Waals surface area contributed by atoms with Crippen molar-refractivity contribution in [2.24, 2.45) is 0 Å². The van der Waals surface area contributed by atoms with E-state index in [0.29, 0.717) is 0 Å². The van der Waals surface area contributed by atoms with Crippen molar-refractivity contribution < 1.29 is 0 Å². The van der Waals surface area contributed by atoms with E-state index in [-0.39, 0.29) is 0 Å². The van der Waals surface area contributed by atoms with Crippen LogP contribution in [0, 0.1) is 0 Å². The minimum Gasteiger partial charge on any atom is -0.313 e. The van der Waals surface area contributed by atoms with Crippen LogP contribution in [0.15, 0.2) is 42.5 Å². The molecule has 0 saturated carbocycles. The quantitative estimate of drug-likeness (QED) is 0.501. The molecule has 1 N–H and O–H groups in total. The standard InChI is InChI=1S/C14H16IN/c15-9-4-10-16-11-13-7-3-6-12-5-1-2-8-14(12)13/h1-3,5-8,16H,4,9-11H2. The normalized spacial score (nSPS) is 10.8. The first-order valence-corrected chi connectivity index (χ1v) is 7.17. The predicted octanol–water partition coefficient (Wildman–Crippen LogP) is 3.75. The Labute approximate surface area is 110 Å². The molecule has 2 rings (SSSR count). The van der Waals surface area contributed by atoms with E-state index in [9.17, 15) is 0 Å². The van der Waals surface area contributed by atoms with Crippen LogP contribution in [0.2, 0.25) is 0 Å². The molecule has 2 aromatic rings. The molecule has 0 radical (unpaired) electrons. The lowest BCUT2D eigenvalue weighted by molar-refractivity contribution is 0.684. The fourth-order valence-electron chi connectivity index (χ4n) is 1.86. The first-order valence-electron chi connectivity index (χ1n) is 5.65. The molecule has 0 aliphatic carbocycles. The van der Waals surface area contributed by atoms with Gasteiger partial charge in [-0.05, 0) is 29.3 Å². The van der Waals surface area contributed by atoms with Crippen LogP contribution >= 0.6 is 22.6 Å². The van der Waals surface area contributed by atoms with Gasteiger partial charge in [0.15, 0.2) is 0 Å². The zero-order valence-electron chi connectivity index (χ0n) is 9.25. The Hall–Kier alpha value is -0.610. The Kier molecular flexibility index (Phi) is 4.60. The van der Waals surface area contributed by atoms with Gasteiger partial charge in [0.25, 0.3) is 0 Å². The summed E-state index contributed by atoms with van der Waals surface area (Å²) in [6, 6.07) is 15.1. The molecule has 0 fully saturated rings. The Bertz CT molecular complexity index is 448. The van der Waals surface area contributed by atoms with Crippen molar-refractivity contribution in [3.8, 4) is 0 Å². The van der Waals surface area contributed by atoms with Crippen LogP contribution in [0.1, 0.15) is 12.0 Å². The maximum absolute atomic E-state index is 3.49. The van der Waals surface area contributed by atoms with E-state index in [1.807, 2.05) is 0 Å². The van der Waals surface area contributed by atoms with Crippen LogP contribution in [0.5, 0.6) is 0 Å². The van der Waals surface area contributed by atoms with E-state index in [4.69, 9.17) is 0 Å². The summed E-state index contributed by atoms with van der Waals surface area (Å²) in [6.07, 6.45) is 1.24. The third kappa shape index (κ3) is 2.95. The highest BCUT2D eigenvalue weighted by atomic mass is 127. The van der Waals surface area contributed by atoms with Crippen molar-refractivity contribution in [1.82, 2.24) is 5.32 Å². The lowest BCUT2D eigenvalue weighted by atomic mass is 10.0. The summed E-state index contributed by atoms with van der Waals surface area (Å²) < 4.78 is 1.22. The highest BCUT2D eigenvalue weighted by molar-refractivity contribution is 14.1. The summed E-state index contributed by atoms with van der Waals surface area (Å²) in [4.78, 5) is 0. The van der Waals surface area contributed by atoms with E-state index in [1.54, 1.807) is 0 Å². The molecule has 0 spiro atoms. The molecule has 0 aliphatic rings. The lowest BCUT2D eigenvalue weighted by Crippen LogP contribution is -2.15. The van der Waals surface area contributed by atoms with Crippen molar-refractivity contribution >= 4 is 33.4 Å². The molecule has 0 unspecified atom stereocenters. The fourth-order valence-corrected chi connectivity index (χ4v) is 2.24. The second kappa shape index (κ2) is 6.21.